The lowest BCUT2D eigenvalue weighted by Crippen LogP contribution is -2.47. The number of ether oxygens (including phenoxy) is 2. The number of rotatable bonds is 4. The van der Waals surface area contributed by atoms with Crippen molar-refractivity contribution in [2.75, 3.05) is 32.1 Å². The van der Waals surface area contributed by atoms with Crippen molar-refractivity contribution in [1.29, 1.82) is 0 Å². The van der Waals surface area contributed by atoms with Gasteiger partial charge in [0.2, 0.25) is 0 Å². The molecular weight excluding hydrogens is 334 g/mol. The van der Waals surface area contributed by atoms with Gasteiger partial charge in [-0.05, 0) is 49.4 Å². The number of fused-ring (bicyclic) bond motifs is 1. The van der Waals surface area contributed by atoms with Crippen LogP contribution in [0.2, 0.25) is 0 Å². The summed E-state index contributed by atoms with van der Waals surface area (Å²) in [5.74, 6) is 0.356. The fraction of sp³-hybridized carbons (Fsp3) is 0.579. The molecule has 26 heavy (non-hydrogen) atoms. The van der Waals surface area contributed by atoms with Gasteiger partial charge in [-0.1, -0.05) is 0 Å². The van der Waals surface area contributed by atoms with E-state index in [0.717, 1.165) is 32.0 Å². The number of amides is 2. The Kier molecular flexibility index (Phi) is 4.82. The summed E-state index contributed by atoms with van der Waals surface area (Å²) < 4.78 is 10.7. The minimum atomic E-state index is -0.393. The Balaban J connectivity index is 1.26. The van der Waals surface area contributed by atoms with Crippen molar-refractivity contribution < 1.29 is 19.1 Å². The summed E-state index contributed by atoms with van der Waals surface area (Å²) in [7, 11) is 1.34. The molecule has 4 rings (SSSR count). The number of anilines is 1. The molecule has 2 aliphatic heterocycles. The van der Waals surface area contributed by atoms with E-state index in [1.165, 1.54) is 20.0 Å². The third-order valence-corrected chi connectivity index (χ3v) is 5.49. The van der Waals surface area contributed by atoms with Crippen molar-refractivity contribution in [3.63, 3.8) is 0 Å². The van der Waals surface area contributed by atoms with Crippen LogP contribution in [-0.4, -0.2) is 61.9 Å². The number of hydrogen-bond donors (Lipinski definition) is 2. The van der Waals surface area contributed by atoms with Crippen LogP contribution < -0.4 is 10.6 Å². The first-order valence-corrected chi connectivity index (χ1v) is 9.24. The van der Waals surface area contributed by atoms with Crippen LogP contribution in [-0.2, 0) is 9.47 Å². The first kappa shape index (κ1) is 17.3. The molecule has 0 bridgehead atoms. The monoisotopic (exact) mass is 359 g/mol. The van der Waals surface area contributed by atoms with Gasteiger partial charge in [-0.25, -0.2) is 9.59 Å². The smallest absolute Gasteiger partial charge is 0.337 e. The molecule has 3 aliphatic rings. The van der Waals surface area contributed by atoms with Gasteiger partial charge in [0.15, 0.2) is 0 Å². The van der Waals surface area contributed by atoms with Crippen LogP contribution in [0.15, 0.2) is 24.3 Å². The number of methoxy groups -OCH3 is 1. The Bertz CT molecular complexity index is 674. The maximum absolute atomic E-state index is 12.3. The highest BCUT2D eigenvalue weighted by molar-refractivity contribution is 5.92. The maximum Gasteiger partial charge on any atom is 0.337 e. The largest absolute Gasteiger partial charge is 0.465 e. The maximum atomic E-state index is 12.3. The number of hydrogen-bond acceptors (Lipinski definition) is 5. The van der Waals surface area contributed by atoms with E-state index >= 15 is 0 Å². The highest BCUT2D eigenvalue weighted by Crippen LogP contribution is 2.37. The zero-order valence-corrected chi connectivity index (χ0v) is 14.9. The minimum Gasteiger partial charge on any atom is -0.465 e. The lowest BCUT2D eigenvalue weighted by atomic mass is 10.1. The first-order chi connectivity index (χ1) is 12.6. The van der Waals surface area contributed by atoms with Crippen LogP contribution >= 0.6 is 0 Å². The molecule has 1 saturated carbocycles. The summed E-state index contributed by atoms with van der Waals surface area (Å²) in [4.78, 5) is 26.2. The van der Waals surface area contributed by atoms with Gasteiger partial charge in [0.05, 0.1) is 25.4 Å². The fourth-order valence-electron chi connectivity index (χ4n) is 3.92. The molecule has 1 aromatic carbocycles. The zero-order valence-electron chi connectivity index (χ0n) is 14.9. The lowest BCUT2D eigenvalue weighted by Gasteiger charge is -2.35. The van der Waals surface area contributed by atoms with Crippen LogP contribution in [0.5, 0.6) is 0 Å². The fourth-order valence-corrected chi connectivity index (χ4v) is 3.92. The first-order valence-electron chi connectivity index (χ1n) is 9.24. The molecule has 2 N–H and O–H groups in total. The standard InChI is InChI=1S/C19H25N3O4/c1-25-18(23)13-4-6-14(7-5-13)20-19(24)21-15-8-16-11-26-17(12-2-3-12)10-22(16)9-15/h4-7,12,15-17H,2-3,8-11H2,1H3,(H2,20,21,24)/t15-,16-,17-/m0/s1. The number of esters is 1. The Labute approximate surface area is 153 Å². The average molecular weight is 359 g/mol. The summed E-state index contributed by atoms with van der Waals surface area (Å²) in [5, 5.41) is 5.87. The van der Waals surface area contributed by atoms with E-state index in [4.69, 9.17) is 4.74 Å². The second-order valence-corrected chi connectivity index (χ2v) is 7.42. The molecular formula is C19H25N3O4. The van der Waals surface area contributed by atoms with E-state index in [1.54, 1.807) is 24.3 Å². The van der Waals surface area contributed by atoms with Gasteiger partial charge < -0.3 is 20.1 Å². The zero-order chi connectivity index (χ0) is 18.1. The summed E-state index contributed by atoms with van der Waals surface area (Å²) in [5.41, 5.74) is 1.10. The van der Waals surface area contributed by atoms with Crippen LogP contribution in [0.25, 0.3) is 0 Å². The van der Waals surface area contributed by atoms with Gasteiger partial charge in [0.25, 0.3) is 0 Å². The molecule has 7 nitrogen and oxygen atoms in total. The molecule has 0 spiro atoms. The Morgan fingerprint density at radius 2 is 1.96 bits per heavy atom. The van der Waals surface area contributed by atoms with Crippen molar-refractivity contribution in [1.82, 2.24) is 10.2 Å². The molecule has 2 saturated heterocycles. The van der Waals surface area contributed by atoms with Crippen LogP contribution in [0.1, 0.15) is 29.6 Å². The quantitative estimate of drug-likeness (QED) is 0.802. The second-order valence-electron chi connectivity index (χ2n) is 7.42. The van der Waals surface area contributed by atoms with Gasteiger partial charge in [-0.3, -0.25) is 4.90 Å². The molecule has 2 amide bonds. The molecule has 1 aliphatic carbocycles. The van der Waals surface area contributed by atoms with Crippen molar-refractivity contribution >= 4 is 17.7 Å². The van der Waals surface area contributed by atoms with E-state index in [1.807, 2.05) is 0 Å². The third-order valence-electron chi connectivity index (χ3n) is 5.49. The average Bonchev–Trinajstić information content (AvgIpc) is 3.41. The summed E-state index contributed by atoms with van der Waals surface area (Å²) in [6.07, 6.45) is 3.89. The Hall–Kier alpha value is -2.12. The van der Waals surface area contributed by atoms with Crippen LogP contribution in [0.4, 0.5) is 10.5 Å². The Morgan fingerprint density at radius 1 is 1.19 bits per heavy atom. The third kappa shape index (κ3) is 3.83. The molecule has 0 radical (unpaired) electrons. The van der Waals surface area contributed by atoms with Gasteiger partial charge in [-0.2, -0.15) is 0 Å². The van der Waals surface area contributed by atoms with Gasteiger partial charge in [-0.15, -0.1) is 0 Å². The van der Waals surface area contributed by atoms with Crippen LogP contribution in [0.3, 0.4) is 0 Å². The predicted octanol–water partition coefficient (Wildman–Crippen LogP) is 1.85. The number of morpholine rings is 1. The summed E-state index contributed by atoms with van der Waals surface area (Å²) in [6, 6.07) is 6.97. The van der Waals surface area contributed by atoms with E-state index in [2.05, 4.69) is 20.3 Å². The molecule has 1 aromatic rings. The SMILES string of the molecule is COC(=O)c1ccc(NC(=O)N[C@H]2C[C@H]3CO[C@H](C4CC4)CN3C2)cc1. The number of benzene rings is 1. The van der Waals surface area contributed by atoms with Crippen molar-refractivity contribution in [3.05, 3.63) is 29.8 Å². The molecule has 3 fully saturated rings. The highest BCUT2D eigenvalue weighted by Gasteiger charge is 2.42. The number of urea groups is 1. The van der Waals surface area contributed by atoms with Crippen LogP contribution in [0, 0.1) is 5.92 Å². The van der Waals surface area contributed by atoms with E-state index in [-0.39, 0.29) is 12.1 Å². The molecule has 140 valence electrons. The topological polar surface area (TPSA) is 79.9 Å². The summed E-state index contributed by atoms with van der Waals surface area (Å²) >= 11 is 0. The van der Waals surface area contributed by atoms with E-state index < -0.39 is 5.97 Å². The van der Waals surface area contributed by atoms with Gasteiger partial charge in [0.1, 0.15) is 0 Å². The Morgan fingerprint density at radius 3 is 2.65 bits per heavy atom. The molecule has 2 heterocycles. The van der Waals surface area contributed by atoms with Gasteiger partial charge in [0, 0.05) is 30.9 Å². The van der Waals surface area contributed by atoms with E-state index in [9.17, 15) is 9.59 Å². The number of carbonyl (C=O) groups excluding carboxylic acids is 2. The highest BCUT2D eigenvalue weighted by atomic mass is 16.5. The molecule has 0 unspecified atom stereocenters. The van der Waals surface area contributed by atoms with Crippen molar-refractivity contribution in [3.8, 4) is 0 Å². The molecule has 3 atom stereocenters. The number of carbonyl (C=O) groups is 2. The lowest BCUT2D eigenvalue weighted by molar-refractivity contribution is -0.0581. The molecule has 7 heteroatoms. The number of nitrogens with one attached hydrogen (secondary N) is 2. The van der Waals surface area contributed by atoms with E-state index in [0.29, 0.717) is 23.4 Å². The minimum absolute atomic E-state index is 0.135. The normalized spacial score (nSPS) is 28.3. The summed E-state index contributed by atoms with van der Waals surface area (Å²) in [6.45, 7) is 2.64. The number of nitrogens with zero attached hydrogens (tertiary/aromatic N) is 1. The van der Waals surface area contributed by atoms with Gasteiger partial charge >= 0.3 is 12.0 Å². The van der Waals surface area contributed by atoms with Crippen molar-refractivity contribution in [2.24, 2.45) is 5.92 Å². The predicted molar refractivity (Wildman–Crippen MR) is 96.2 cm³/mol. The van der Waals surface area contributed by atoms with Crippen molar-refractivity contribution in [2.45, 2.75) is 37.5 Å². The second kappa shape index (κ2) is 7.25. The molecule has 0 aromatic heterocycles.